The topological polar surface area (TPSA) is 119 Å². The second-order valence-electron chi connectivity index (χ2n) is 4.31. The van der Waals surface area contributed by atoms with Crippen LogP contribution in [0.5, 0.6) is 5.75 Å². The number of carboxylic acid groups (broad SMARTS) is 1. The number of carbonyl (C=O) groups is 2. The van der Waals surface area contributed by atoms with E-state index in [1.807, 2.05) is 0 Å². The Morgan fingerprint density at radius 2 is 2.19 bits per heavy atom. The van der Waals surface area contributed by atoms with Gasteiger partial charge in [0.1, 0.15) is 5.75 Å². The highest BCUT2D eigenvalue weighted by Gasteiger charge is 2.14. The molecule has 0 aliphatic heterocycles. The Morgan fingerprint density at radius 3 is 2.76 bits per heavy atom. The van der Waals surface area contributed by atoms with Gasteiger partial charge >= 0.3 is 5.97 Å². The van der Waals surface area contributed by atoms with Crippen LogP contribution in [0.3, 0.4) is 0 Å². The van der Waals surface area contributed by atoms with E-state index in [0.29, 0.717) is 6.42 Å². The summed E-state index contributed by atoms with van der Waals surface area (Å²) in [5.74, 6) is -1.28. The maximum atomic E-state index is 11.6. The van der Waals surface area contributed by atoms with Gasteiger partial charge in [0.05, 0.1) is 17.4 Å². The van der Waals surface area contributed by atoms with Crippen LogP contribution in [0.4, 0.5) is 5.69 Å². The van der Waals surface area contributed by atoms with E-state index < -0.39 is 22.8 Å². The van der Waals surface area contributed by atoms with Crippen molar-refractivity contribution in [2.24, 2.45) is 0 Å². The van der Waals surface area contributed by atoms with E-state index in [1.165, 1.54) is 24.3 Å². The van der Waals surface area contributed by atoms with Gasteiger partial charge in [0.15, 0.2) is 6.61 Å². The van der Waals surface area contributed by atoms with Crippen LogP contribution in [-0.2, 0) is 9.59 Å². The van der Waals surface area contributed by atoms with E-state index >= 15 is 0 Å². The lowest BCUT2D eigenvalue weighted by molar-refractivity contribution is -0.384. The van der Waals surface area contributed by atoms with Gasteiger partial charge in [0, 0.05) is 12.1 Å². The molecule has 8 nitrogen and oxygen atoms in total. The predicted octanol–water partition coefficient (Wildman–Crippen LogP) is 1.34. The third-order valence-corrected chi connectivity index (χ3v) is 2.68. The summed E-state index contributed by atoms with van der Waals surface area (Å²) in [7, 11) is 0. The second-order valence-corrected chi connectivity index (χ2v) is 4.31. The Kier molecular flexibility index (Phi) is 6.12. The molecule has 1 atom stereocenters. The van der Waals surface area contributed by atoms with Crippen LogP contribution in [0.1, 0.15) is 19.8 Å². The Labute approximate surface area is 120 Å². The van der Waals surface area contributed by atoms with Crippen molar-refractivity contribution in [1.29, 1.82) is 0 Å². The number of hydrogen-bond acceptors (Lipinski definition) is 5. The first-order valence-electron chi connectivity index (χ1n) is 6.30. The van der Waals surface area contributed by atoms with Crippen LogP contribution >= 0.6 is 0 Å². The van der Waals surface area contributed by atoms with E-state index in [9.17, 15) is 19.7 Å². The van der Waals surface area contributed by atoms with Crippen LogP contribution in [0, 0.1) is 10.1 Å². The minimum absolute atomic E-state index is 0.134. The zero-order valence-electron chi connectivity index (χ0n) is 11.4. The normalized spacial score (nSPS) is 11.5. The van der Waals surface area contributed by atoms with Crippen molar-refractivity contribution in [2.75, 3.05) is 6.61 Å². The van der Waals surface area contributed by atoms with Gasteiger partial charge in [-0.05, 0) is 12.5 Å². The molecule has 0 spiro atoms. The summed E-state index contributed by atoms with van der Waals surface area (Å²) < 4.78 is 5.15. The van der Waals surface area contributed by atoms with Crippen LogP contribution < -0.4 is 10.1 Å². The molecule has 0 saturated carbocycles. The number of carboxylic acids is 1. The standard InChI is InChI=1S/C13H16N2O6/c1-2-9(6-13(17)18)14-12(16)8-21-11-5-3-4-10(7-11)15(19)20/h3-5,7,9H,2,6,8H2,1H3,(H,14,16)(H,17,18). The van der Waals surface area contributed by atoms with Crippen molar-refractivity contribution in [3.63, 3.8) is 0 Å². The second kappa shape index (κ2) is 7.83. The van der Waals surface area contributed by atoms with Gasteiger partial charge in [-0.15, -0.1) is 0 Å². The molecule has 0 heterocycles. The van der Waals surface area contributed by atoms with Crippen molar-refractivity contribution >= 4 is 17.6 Å². The fourth-order valence-electron chi connectivity index (χ4n) is 1.61. The Morgan fingerprint density at radius 1 is 1.48 bits per heavy atom. The first-order chi connectivity index (χ1) is 9.92. The number of amides is 1. The number of nitrogens with one attached hydrogen (secondary N) is 1. The van der Waals surface area contributed by atoms with E-state index in [1.54, 1.807) is 6.92 Å². The first-order valence-corrected chi connectivity index (χ1v) is 6.30. The minimum Gasteiger partial charge on any atom is -0.484 e. The SMILES string of the molecule is CCC(CC(=O)O)NC(=O)COc1cccc([N+](=O)[O-])c1. The summed E-state index contributed by atoms with van der Waals surface area (Å²) in [6, 6.07) is 5.00. The monoisotopic (exact) mass is 296 g/mol. The lowest BCUT2D eigenvalue weighted by Gasteiger charge is -2.15. The molecule has 0 radical (unpaired) electrons. The van der Waals surface area contributed by atoms with Gasteiger partial charge in [0.2, 0.25) is 0 Å². The summed E-state index contributed by atoms with van der Waals surface area (Å²) in [5, 5.41) is 21.8. The third-order valence-electron chi connectivity index (χ3n) is 2.68. The molecule has 0 aromatic heterocycles. The number of ether oxygens (including phenoxy) is 1. The zero-order valence-corrected chi connectivity index (χ0v) is 11.4. The van der Waals surface area contributed by atoms with Crippen LogP contribution in [0.2, 0.25) is 0 Å². The maximum Gasteiger partial charge on any atom is 0.305 e. The van der Waals surface area contributed by atoms with Crippen LogP contribution in [-0.4, -0.2) is 34.6 Å². The van der Waals surface area contributed by atoms with Gasteiger partial charge < -0.3 is 15.2 Å². The molecule has 8 heteroatoms. The largest absolute Gasteiger partial charge is 0.484 e. The molecule has 1 amide bonds. The summed E-state index contributed by atoms with van der Waals surface area (Å²) >= 11 is 0. The molecular formula is C13H16N2O6. The first kappa shape index (κ1) is 16.4. The Balaban J connectivity index is 2.50. The number of hydrogen-bond donors (Lipinski definition) is 2. The quantitative estimate of drug-likeness (QED) is 0.552. The van der Waals surface area contributed by atoms with E-state index in [0.717, 1.165) is 0 Å². The number of carbonyl (C=O) groups excluding carboxylic acids is 1. The molecule has 21 heavy (non-hydrogen) atoms. The number of nitro groups is 1. The molecule has 114 valence electrons. The summed E-state index contributed by atoms with van der Waals surface area (Å²) in [6.07, 6.45) is 0.313. The van der Waals surface area contributed by atoms with Gasteiger partial charge in [-0.2, -0.15) is 0 Å². The maximum absolute atomic E-state index is 11.6. The summed E-state index contributed by atoms with van der Waals surface area (Å²) in [6.45, 7) is 1.42. The molecule has 1 aromatic carbocycles. The number of aliphatic carboxylic acids is 1. The molecule has 1 unspecified atom stereocenters. The summed E-state index contributed by atoms with van der Waals surface area (Å²) in [4.78, 5) is 32.2. The van der Waals surface area contributed by atoms with E-state index in [-0.39, 0.29) is 24.5 Å². The van der Waals surface area contributed by atoms with Crippen LogP contribution in [0.25, 0.3) is 0 Å². The average Bonchev–Trinajstić information content (AvgIpc) is 2.44. The number of nitro benzene ring substituents is 1. The Bertz CT molecular complexity index is 531. The van der Waals surface area contributed by atoms with Gasteiger partial charge in [0.25, 0.3) is 11.6 Å². The van der Waals surface area contributed by atoms with Gasteiger partial charge in [-0.1, -0.05) is 13.0 Å². The van der Waals surface area contributed by atoms with Crippen molar-refractivity contribution < 1.29 is 24.4 Å². The zero-order chi connectivity index (χ0) is 15.8. The van der Waals surface area contributed by atoms with Crippen LogP contribution in [0.15, 0.2) is 24.3 Å². The molecule has 0 bridgehead atoms. The van der Waals surface area contributed by atoms with Crippen molar-refractivity contribution in [2.45, 2.75) is 25.8 Å². The number of benzene rings is 1. The molecule has 0 aliphatic rings. The summed E-state index contributed by atoms with van der Waals surface area (Å²) in [5.41, 5.74) is -0.134. The molecule has 0 aliphatic carbocycles. The third kappa shape index (κ3) is 5.89. The molecule has 1 rings (SSSR count). The van der Waals surface area contributed by atoms with E-state index in [2.05, 4.69) is 5.32 Å². The van der Waals surface area contributed by atoms with Crippen molar-refractivity contribution in [3.8, 4) is 5.75 Å². The fourth-order valence-corrected chi connectivity index (χ4v) is 1.61. The predicted molar refractivity (Wildman–Crippen MR) is 73.1 cm³/mol. The highest BCUT2D eigenvalue weighted by atomic mass is 16.6. The highest BCUT2D eigenvalue weighted by molar-refractivity contribution is 5.78. The molecule has 2 N–H and O–H groups in total. The molecular weight excluding hydrogens is 280 g/mol. The highest BCUT2D eigenvalue weighted by Crippen LogP contribution is 2.18. The van der Waals surface area contributed by atoms with E-state index in [4.69, 9.17) is 9.84 Å². The number of rotatable bonds is 8. The lowest BCUT2D eigenvalue weighted by Crippen LogP contribution is -2.38. The smallest absolute Gasteiger partial charge is 0.305 e. The van der Waals surface area contributed by atoms with Crippen molar-refractivity contribution in [3.05, 3.63) is 34.4 Å². The van der Waals surface area contributed by atoms with Gasteiger partial charge in [-0.25, -0.2) is 0 Å². The fraction of sp³-hybridized carbons (Fsp3) is 0.385. The Hall–Kier alpha value is -2.64. The van der Waals surface area contributed by atoms with Gasteiger partial charge in [-0.3, -0.25) is 19.7 Å². The minimum atomic E-state index is -0.998. The molecule has 0 saturated heterocycles. The number of nitrogens with zero attached hydrogens (tertiary/aromatic N) is 1. The molecule has 0 fully saturated rings. The lowest BCUT2D eigenvalue weighted by atomic mass is 10.1. The number of non-ortho nitro benzene ring substituents is 1. The molecule has 1 aromatic rings. The van der Waals surface area contributed by atoms with Crippen molar-refractivity contribution in [1.82, 2.24) is 5.32 Å². The average molecular weight is 296 g/mol.